The lowest BCUT2D eigenvalue weighted by molar-refractivity contribution is -0.0463. The molecule has 0 amide bonds. The van der Waals surface area contributed by atoms with Crippen molar-refractivity contribution in [1.29, 1.82) is 0 Å². The van der Waals surface area contributed by atoms with Crippen molar-refractivity contribution < 1.29 is 9.84 Å². The number of hydrogen-bond donors (Lipinski definition) is 1. The monoisotopic (exact) mass is 214 g/mol. The molecule has 0 spiro atoms. The van der Waals surface area contributed by atoms with Crippen LogP contribution in [-0.4, -0.2) is 24.4 Å². The second-order valence-corrected chi connectivity index (χ2v) is 5.24. The molecule has 1 fully saturated rings. The number of methoxy groups -OCH3 is 1. The maximum atomic E-state index is 10.4. The van der Waals surface area contributed by atoms with Gasteiger partial charge in [-0.05, 0) is 38.0 Å². The van der Waals surface area contributed by atoms with E-state index in [0.717, 1.165) is 12.3 Å². The van der Waals surface area contributed by atoms with Gasteiger partial charge in [-0.1, -0.05) is 26.2 Å². The summed E-state index contributed by atoms with van der Waals surface area (Å²) in [5, 5.41) is 10.4. The maximum Gasteiger partial charge on any atom is 0.0669 e. The van der Waals surface area contributed by atoms with Crippen LogP contribution in [0.25, 0.3) is 0 Å². The molecule has 2 heteroatoms. The molecule has 1 rings (SSSR count). The lowest BCUT2D eigenvalue weighted by Gasteiger charge is -2.38. The first-order chi connectivity index (χ1) is 7.10. The molecule has 0 bridgehead atoms. The molecule has 0 radical (unpaired) electrons. The van der Waals surface area contributed by atoms with Crippen LogP contribution in [0.2, 0.25) is 0 Å². The van der Waals surface area contributed by atoms with Gasteiger partial charge >= 0.3 is 0 Å². The zero-order valence-electron chi connectivity index (χ0n) is 10.5. The number of hydrogen-bond acceptors (Lipinski definition) is 2. The van der Waals surface area contributed by atoms with Crippen molar-refractivity contribution in [3.05, 3.63) is 0 Å². The predicted molar refractivity (Wildman–Crippen MR) is 62.9 cm³/mol. The minimum absolute atomic E-state index is 0.478. The topological polar surface area (TPSA) is 29.5 Å². The van der Waals surface area contributed by atoms with Gasteiger partial charge in [-0.2, -0.15) is 0 Å². The zero-order chi connectivity index (χ0) is 11.3. The summed E-state index contributed by atoms with van der Waals surface area (Å²) >= 11 is 0. The average molecular weight is 214 g/mol. The molecule has 3 atom stereocenters. The number of aliphatic hydroxyl groups is 1. The van der Waals surface area contributed by atoms with Crippen molar-refractivity contribution in [2.75, 3.05) is 13.7 Å². The third kappa shape index (κ3) is 3.76. The number of rotatable bonds is 5. The van der Waals surface area contributed by atoms with Gasteiger partial charge in [0.25, 0.3) is 0 Å². The Balaban J connectivity index is 2.45. The van der Waals surface area contributed by atoms with Crippen molar-refractivity contribution in [2.45, 2.75) is 58.0 Å². The van der Waals surface area contributed by atoms with Crippen molar-refractivity contribution in [1.82, 2.24) is 0 Å². The molecule has 1 aliphatic carbocycles. The van der Waals surface area contributed by atoms with Gasteiger partial charge in [-0.3, -0.25) is 0 Å². The molecule has 0 saturated heterocycles. The summed E-state index contributed by atoms with van der Waals surface area (Å²) in [5.41, 5.74) is -0.524. The van der Waals surface area contributed by atoms with E-state index in [-0.39, 0.29) is 0 Å². The summed E-state index contributed by atoms with van der Waals surface area (Å²) in [7, 11) is 1.70. The Morgan fingerprint density at radius 1 is 1.40 bits per heavy atom. The van der Waals surface area contributed by atoms with E-state index in [1.807, 2.05) is 6.92 Å². The standard InChI is InChI=1S/C13H26O2/c1-4-11-6-5-7-12(10-11)13(2,14)8-9-15-3/h11-12,14H,4-10H2,1-3H3. The summed E-state index contributed by atoms with van der Waals surface area (Å²) in [5.74, 6) is 1.31. The smallest absolute Gasteiger partial charge is 0.0669 e. The molecule has 1 saturated carbocycles. The quantitative estimate of drug-likeness (QED) is 0.762. The Kier molecular flexibility index (Phi) is 5.07. The maximum absolute atomic E-state index is 10.4. The molecule has 1 N–H and O–H groups in total. The van der Waals surface area contributed by atoms with Crippen LogP contribution in [0.4, 0.5) is 0 Å². The third-order valence-electron chi connectivity index (χ3n) is 4.05. The van der Waals surface area contributed by atoms with Crippen LogP contribution in [0.5, 0.6) is 0 Å². The summed E-state index contributed by atoms with van der Waals surface area (Å²) in [4.78, 5) is 0. The van der Waals surface area contributed by atoms with E-state index in [2.05, 4.69) is 6.92 Å². The first-order valence-electron chi connectivity index (χ1n) is 6.31. The predicted octanol–water partition coefficient (Wildman–Crippen LogP) is 2.99. The second kappa shape index (κ2) is 5.86. The molecule has 15 heavy (non-hydrogen) atoms. The van der Waals surface area contributed by atoms with Gasteiger partial charge < -0.3 is 9.84 Å². The van der Waals surface area contributed by atoms with Crippen LogP contribution < -0.4 is 0 Å². The molecule has 0 aromatic rings. The van der Waals surface area contributed by atoms with Crippen molar-refractivity contribution >= 4 is 0 Å². The summed E-state index contributed by atoms with van der Waals surface area (Å²) < 4.78 is 5.06. The van der Waals surface area contributed by atoms with Crippen LogP contribution in [0.15, 0.2) is 0 Å². The van der Waals surface area contributed by atoms with E-state index in [9.17, 15) is 5.11 Å². The van der Waals surface area contributed by atoms with Crippen molar-refractivity contribution in [3.8, 4) is 0 Å². The van der Waals surface area contributed by atoms with Gasteiger partial charge in [0.1, 0.15) is 0 Å². The molecule has 0 aliphatic heterocycles. The summed E-state index contributed by atoms with van der Waals surface area (Å²) in [6.45, 7) is 4.91. The van der Waals surface area contributed by atoms with Crippen LogP contribution >= 0.6 is 0 Å². The van der Waals surface area contributed by atoms with Gasteiger partial charge in [0.15, 0.2) is 0 Å². The molecule has 0 heterocycles. The van der Waals surface area contributed by atoms with E-state index in [1.54, 1.807) is 7.11 Å². The van der Waals surface area contributed by atoms with Gasteiger partial charge in [-0.15, -0.1) is 0 Å². The Labute approximate surface area is 94.0 Å². The number of ether oxygens (including phenoxy) is 1. The van der Waals surface area contributed by atoms with Crippen LogP contribution in [-0.2, 0) is 4.74 Å². The van der Waals surface area contributed by atoms with E-state index in [0.29, 0.717) is 12.5 Å². The summed E-state index contributed by atoms with van der Waals surface area (Å²) in [6, 6.07) is 0. The van der Waals surface area contributed by atoms with Crippen LogP contribution in [0.1, 0.15) is 52.4 Å². The van der Waals surface area contributed by atoms with E-state index in [4.69, 9.17) is 4.74 Å². The average Bonchev–Trinajstić information content (AvgIpc) is 2.26. The lowest BCUT2D eigenvalue weighted by Crippen LogP contribution is -2.38. The molecular weight excluding hydrogens is 188 g/mol. The van der Waals surface area contributed by atoms with Crippen LogP contribution in [0, 0.1) is 11.8 Å². The highest BCUT2D eigenvalue weighted by molar-refractivity contribution is 4.86. The third-order valence-corrected chi connectivity index (χ3v) is 4.05. The highest BCUT2D eigenvalue weighted by atomic mass is 16.5. The van der Waals surface area contributed by atoms with Crippen LogP contribution in [0.3, 0.4) is 0 Å². The zero-order valence-corrected chi connectivity index (χ0v) is 10.5. The minimum Gasteiger partial charge on any atom is -0.390 e. The highest BCUT2D eigenvalue weighted by Gasteiger charge is 2.34. The largest absolute Gasteiger partial charge is 0.390 e. The van der Waals surface area contributed by atoms with E-state index >= 15 is 0 Å². The van der Waals surface area contributed by atoms with Crippen molar-refractivity contribution in [2.24, 2.45) is 11.8 Å². The van der Waals surface area contributed by atoms with E-state index in [1.165, 1.54) is 32.1 Å². The normalized spacial score (nSPS) is 31.2. The summed E-state index contributed by atoms with van der Waals surface area (Å²) in [6.07, 6.45) is 7.06. The molecule has 3 unspecified atom stereocenters. The fourth-order valence-corrected chi connectivity index (χ4v) is 2.74. The lowest BCUT2D eigenvalue weighted by atomic mass is 9.72. The Morgan fingerprint density at radius 3 is 2.73 bits per heavy atom. The SMILES string of the molecule is CCC1CCCC(C(C)(O)CCOC)C1. The molecule has 2 nitrogen and oxygen atoms in total. The first-order valence-corrected chi connectivity index (χ1v) is 6.31. The fourth-order valence-electron chi connectivity index (χ4n) is 2.74. The van der Waals surface area contributed by atoms with E-state index < -0.39 is 5.60 Å². The highest BCUT2D eigenvalue weighted by Crippen LogP contribution is 2.38. The van der Waals surface area contributed by atoms with Gasteiger partial charge in [0.2, 0.25) is 0 Å². The van der Waals surface area contributed by atoms with Gasteiger partial charge in [0, 0.05) is 13.7 Å². The minimum atomic E-state index is -0.524. The molecular formula is C13H26O2. The van der Waals surface area contributed by atoms with Gasteiger partial charge in [0.05, 0.1) is 5.60 Å². The molecule has 0 aromatic heterocycles. The fraction of sp³-hybridized carbons (Fsp3) is 1.00. The Morgan fingerprint density at radius 2 is 2.13 bits per heavy atom. The molecule has 1 aliphatic rings. The second-order valence-electron chi connectivity index (χ2n) is 5.24. The molecule has 0 aromatic carbocycles. The molecule has 90 valence electrons. The van der Waals surface area contributed by atoms with Crippen molar-refractivity contribution in [3.63, 3.8) is 0 Å². The van der Waals surface area contributed by atoms with Gasteiger partial charge in [-0.25, -0.2) is 0 Å². The Bertz CT molecular complexity index is 177. The Hall–Kier alpha value is -0.0800. The first kappa shape index (κ1) is 13.0.